The second-order valence-electron chi connectivity index (χ2n) is 8.68. The molecule has 6 aromatic rings. The molecule has 7 heteroatoms. The zero-order chi connectivity index (χ0) is 24.2. The summed E-state index contributed by atoms with van der Waals surface area (Å²) in [5.41, 5.74) is 4.73. The van der Waals surface area contributed by atoms with Crippen LogP contribution in [0.15, 0.2) is 95.7 Å². The van der Waals surface area contributed by atoms with Crippen LogP contribution in [-0.4, -0.2) is 26.7 Å². The van der Waals surface area contributed by atoms with Gasteiger partial charge in [0.25, 0.3) is 0 Å². The zero-order valence-corrected chi connectivity index (χ0v) is 20.8. The highest BCUT2D eigenvalue weighted by Gasteiger charge is 2.34. The summed E-state index contributed by atoms with van der Waals surface area (Å²) in [6, 6.07) is 28.6. The van der Waals surface area contributed by atoms with E-state index in [-0.39, 0.29) is 5.92 Å². The van der Waals surface area contributed by atoms with Crippen molar-refractivity contribution in [1.29, 1.82) is 0 Å². The van der Waals surface area contributed by atoms with Crippen molar-refractivity contribution in [2.45, 2.75) is 5.92 Å². The highest BCUT2D eigenvalue weighted by Crippen LogP contribution is 2.50. The summed E-state index contributed by atoms with van der Waals surface area (Å²) in [4.78, 5) is 9.64. The highest BCUT2D eigenvalue weighted by molar-refractivity contribution is 9.10. The molecule has 7 rings (SSSR count). The van der Waals surface area contributed by atoms with Gasteiger partial charge in [-0.15, -0.1) is 5.10 Å². The second-order valence-corrected chi connectivity index (χ2v) is 9.60. The molecule has 36 heavy (non-hydrogen) atoms. The average molecular weight is 535 g/mol. The highest BCUT2D eigenvalue weighted by atomic mass is 79.9. The Labute approximate surface area is 215 Å². The van der Waals surface area contributed by atoms with Crippen LogP contribution in [0.2, 0.25) is 0 Å². The minimum Gasteiger partial charge on any atom is -0.497 e. The third-order valence-corrected chi connectivity index (χ3v) is 7.13. The number of hydrogen-bond donors (Lipinski definition) is 0. The number of halogens is 1. The molecule has 1 unspecified atom stereocenters. The van der Waals surface area contributed by atoms with E-state index < -0.39 is 0 Å². The normalized spacial score (nSPS) is 14.3. The summed E-state index contributed by atoms with van der Waals surface area (Å²) in [7, 11) is 1.67. The fourth-order valence-electron chi connectivity index (χ4n) is 4.97. The van der Waals surface area contributed by atoms with Crippen molar-refractivity contribution in [3.63, 3.8) is 0 Å². The lowest BCUT2D eigenvalue weighted by Crippen LogP contribution is -2.15. The molecule has 1 aliphatic heterocycles. The Kier molecular flexibility index (Phi) is 4.79. The van der Waals surface area contributed by atoms with Crippen LogP contribution in [0, 0.1) is 0 Å². The van der Waals surface area contributed by atoms with E-state index in [4.69, 9.17) is 19.6 Å². The molecule has 4 aromatic carbocycles. The number of rotatable bonds is 3. The molecule has 1 aliphatic rings. The lowest BCUT2D eigenvalue weighted by molar-refractivity contribution is 0.414. The Morgan fingerprint density at radius 3 is 2.56 bits per heavy atom. The van der Waals surface area contributed by atoms with Gasteiger partial charge in [-0.2, -0.15) is 0 Å². The number of fused-ring (bicyclic) bond motifs is 6. The monoisotopic (exact) mass is 534 g/mol. The summed E-state index contributed by atoms with van der Waals surface area (Å²) >= 11 is 3.61. The smallest absolute Gasteiger partial charge is 0.228 e. The van der Waals surface area contributed by atoms with E-state index in [2.05, 4.69) is 57.3 Å². The Bertz CT molecular complexity index is 1760. The first-order valence-corrected chi connectivity index (χ1v) is 12.3. The van der Waals surface area contributed by atoms with E-state index in [1.807, 2.05) is 48.5 Å². The van der Waals surface area contributed by atoms with Crippen molar-refractivity contribution < 1.29 is 9.47 Å². The van der Waals surface area contributed by atoms with Crippen LogP contribution < -0.4 is 9.47 Å². The number of hydrogen-bond acceptors (Lipinski definition) is 5. The Morgan fingerprint density at radius 2 is 1.75 bits per heavy atom. The number of benzene rings is 4. The predicted octanol–water partition coefficient (Wildman–Crippen LogP) is 7.00. The maximum Gasteiger partial charge on any atom is 0.228 e. The number of nitrogens with zero attached hydrogens (tertiary/aromatic N) is 4. The number of aromatic nitrogens is 4. The molecule has 0 fully saturated rings. The van der Waals surface area contributed by atoms with Crippen LogP contribution in [0.4, 0.5) is 0 Å². The van der Waals surface area contributed by atoms with Gasteiger partial charge < -0.3 is 9.47 Å². The standard InChI is InChI=1S/C29H19BrN4O2/c1-35-21-11-7-17(8-12-21)24-25-22-13-10-20(30)15-19(22)9-14-23(25)36-29-26(24)28-32-27(33-34(28)16-31-29)18-5-3-2-4-6-18/h2-16,24H,1H3. The van der Waals surface area contributed by atoms with Gasteiger partial charge in [-0.05, 0) is 46.7 Å². The molecule has 6 nitrogen and oxygen atoms in total. The van der Waals surface area contributed by atoms with Crippen molar-refractivity contribution in [3.05, 3.63) is 112 Å². The van der Waals surface area contributed by atoms with Gasteiger partial charge in [-0.1, -0.05) is 70.5 Å². The molecule has 2 aromatic heterocycles. The van der Waals surface area contributed by atoms with Gasteiger partial charge in [0.15, 0.2) is 11.5 Å². The average Bonchev–Trinajstić information content (AvgIpc) is 3.37. The minimum absolute atomic E-state index is 0.163. The van der Waals surface area contributed by atoms with Crippen LogP contribution in [-0.2, 0) is 0 Å². The van der Waals surface area contributed by atoms with Gasteiger partial charge >= 0.3 is 0 Å². The van der Waals surface area contributed by atoms with Gasteiger partial charge in [0.1, 0.15) is 17.8 Å². The lowest BCUT2D eigenvalue weighted by atomic mass is 9.81. The fourth-order valence-corrected chi connectivity index (χ4v) is 5.35. The van der Waals surface area contributed by atoms with Crippen LogP contribution >= 0.6 is 15.9 Å². The van der Waals surface area contributed by atoms with Crippen LogP contribution in [0.3, 0.4) is 0 Å². The van der Waals surface area contributed by atoms with E-state index >= 15 is 0 Å². The lowest BCUT2D eigenvalue weighted by Gasteiger charge is -2.29. The van der Waals surface area contributed by atoms with Crippen molar-refractivity contribution >= 4 is 32.3 Å². The maximum atomic E-state index is 6.41. The van der Waals surface area contributed by atoms with E-state index in [0.717, 1.165) is 54.6 Å². The molecule has 0 aliphatic carbocycles. The van der Waals surface area contributed by atoms with Gasteiger partial charge in [0, 0.05) is 21.5 Å². The Hall–Kier alpha value is -4.23. The van der Waals surface area contributed by atoms with Gasteiger partial charge in [-0.3, -0.25) is 0 Å². The van der Waals surface area contributed by atoms with E-state index in [1.54, 1.807) is 18.0 Å². The molecule has 1 atom stereocenters. The predicted molar refractivity (Wildman–Crippen MR) is 142 cm³/mol. The molecular weight excluding hydrogens is 516 g/mol. The minimum atomic E-state index is -0.163. The SMILES string of the molecule is COc1ccc(C2c3c(ccc4cc(Br)ccc34)Oc3ncn4nc(-c5ccccc5)nc4c32)cc1. The topological polar surface area (TPSA) is 61.5 Å². The molecule has 0 radical (unpaired) electrons. The summed E-state index contributed by atoms with van der Waals surface area (Å²) < 4.78 is 14.6. The zero-order valence-electron chi connectivity index (χ0n) is 19.2. The maximum absolute atomic E-state index is 6.41. The summed E-state index contributed by atoms with van der Waals surface area (Å²) in [6.45, 7) is 0. The van der Waals surface area contributed by atoms with Crippen LogP contribution in [0.5, 0.6) is 17.4 Å². The number of methoxy groups -OCH3 is 1. The molecule has 0 N–H and O–H groups in total. The molecular formula is C29H19BrN4O2. The Balaban J connectivity index is 1.53. The van der Waals surface area contributed by atoms with Gasteiger partial charge in [-0.25, -0.2) is 14.5 Å². The molecule has 0 spiro atoms. The third kappa shape index (κ3) is 3.27. The Morgan fingerprint density at radius 1 is 0.917 bits per heavy atom. The molecule has 0 amide bonds. The van der Waals surface area contributed by atoms with E-state index in [9.17, 15) is 0 Å². The first-order chi connectivity index (χ1) is 17.7. The summed E-state index contributed by atoms with van der Waals surface area (Å²) in [5, 5.41) is 6.98. The number of ether oxygens (including phenoxy) is 2. The van der Waals surface area contributed by atoms with Gasteiger partial charge in [0.05, 0.1) is 12.7 Å². The van der Waals surface area contributed by atoms with Crippen LogP contribution in [0.25, 0.3) is 27.8 Å². The molecule has 0 saturated heterocycles. The van der Waals surface area contributed by atoms with Crippen molar-refractivity contribution in [1.82, 2.24) is 19.6 Å². The summed E-state index contributed by atoms with van der Waals surface area (Å²) in [6.07, 6.45) is 1.67. The largest absolute Gasteiger partial charge is 0.497 e. The van der Waals surface area contributed by atoms with E-state index in [1.165, 1.54) is 0 Å². The van der Waals surface area contributed by atoms with Crippen molar-refractivity contribution in [2.24, 2.45) is 0 Å². The first kappa shape index (κ1) is 21.1. The first-order valence-electron chi connectivity index (χ1n) is 11.5. The molecule has 0 saturated carbocycles. The third-order valence-electron chi connectivity index (χ3n) is 6.64. The van der Waals surface area contributed by atoms with Crippen molar-refractivity contribution in [2.75, 3.05) is 7.11 Å². The summed E-state index contributed by atoms with van der Waals surface area (Å²) in [5.74, 6) is 2.62. The molecule has 0 bridgehead atoms. The van der Waals surface area contributed by atoms with Crippen molar-refractivity contribution in [3.8, 4) is 28.8 Å². The van der Waals surface area contributed by atoms with Crippen LogP contribution in [0.1, 0.15) is 22.6 Å². The molecule has 3 heterocycles. The fraction of sp³-hybridized carbons (Fsp3) is 0.0690. The quantitative estimate of drug-likeness (QED) is 0.244. The van der Waals surface area contributed by atoms with Gasteiger partial charge in [0.2, 0.25) is 5.88 Å². The van der Waals surface area contributed by atoms with E-state index in [0.29, 0.717) is 11.7 Å². The second kappa shape index (κ2) is 8.17. The molecule has 174 valence electrons.